The van der Waals surface area contributed by atoms with Crippen molar-refractivity contribution < 1.29 is 14.0 Å². The van der Waals surface area contributed by atoms with Crippen LogP contribution in [-0.4, -0.2) is 5.21 Å². The molecule has 0 amide bonds. The van der Waals surface area contributed by atoms with Gasteiger partial charge in [-0.3, -0.25) is 0 Å². The molecule has 2 nitrogen and oxygen atoms in total. The normalized spacial score (nSPS) is 13.0. The predicted molar refractivity (Wildman–Crippen MR) is 39.7 cm³/mol. The summed E-state index contributed by atoms with van der Waals surface area (Å²) in [5, 5.41) is 8.47. The maximum absolute atomic E-state index is 12.9. The molecule has 0 spiro atoms. The van der Waals surface area contributed by atoms with E-state index in [0.29, 0.717) is 0 Å². The third-order valence-corrected chi connectivity index (χ3v) is 1.62. The fourth-order valence-corrected chi connectivity index (χ4v) is 0.922. The van der Waals surface area contributed by atoms with Crippen LogP contribution >= 0.6 is 0 Å². The third-order valence-electron chi connectivity index (χ3n) is 1.62. The Hall–Kier alpha value is -1.00. The molecule has 0 aliphatic carbocycles. The fourth-order valence-electron chi connectivity index (χ4n) is 0.922. The molecule has 0 aliphatic rings. The number of halogens is 2. The van der Waals surface area contributed by atoms with Gasteiger partial charge < -0.3 is 5.21 Å². The molecule has 66 valence electrons. The summed E-state index contributed by atoms with van der Waals surface area (Å²) in [4.78, 5) is 0. The Morgan fingerprint density at radius 1 is 1.42 bits per heavy atom. The molecule has 0 saturated heterocycles. The molecule has 0 saturated carbocycles. The standard InChI is InChI=1S/C8H9F2NO/c1-5(11-12)7-3-2-6(9)4-8(7)10/h2-5,11-12H,1H3/t5-/m0/s1. The Morgan fingerprint density at radius 3 is 2.58 bits per heavy atom. The molecule has 0 bridgehead atoms. The highest BCUT2D eigenvalue weighted by Gasteiger charge is 2.09. The van der Waals surface area contributed by atoms with Gasteiger partial charge in [0.25, 0.3) is 0 Å². The number of hydroxylamine groups is 1. The lowest BCUT2D eigenvalue weighted by Gasteiger charge is -2.09. The monoisotopic (exact) mass is 173 g/mol. The highest BCUT2D eigenvalue weighted by molar-refractivity contribution is 5.21. The lowest BCUT2D eigenvalue weighted by molar-refractivity contribution is 0.131. The molecular formula is C8H9F2NO. The molecule has 1 rings (SSSR count). The summed E-state index contributed by atoms with van der Waals surface area (Å²) in [6.07, 6.45) is 0. The number of hydrogen-bond donors (Lipinski definition) is 2. The summed E-state index contributed by atoms with van der Waals surface area (Å²) in [6.45, 7) is 1.57. The van der Waals surface area contributed by atoms with Crippen LogP contribution in [0.2, 0.25) is 0 Å². The van der Waals surface area contributed by atoms with Gasteiger partial charge >= 0.3 is 0 Å². The molecule has 12 heavy (non-hydrogen) atoms. The van der Waals surface area contributed by atoms with Crippen LogP contribution < -0.4 is 5.48 Å². The van der Waals surface area contributed by atoms with E-state index in [1.807, 2.05) is 5.48 Å². The minimum atomic E-state index is -0.663. The second-order valence-corrected chi connectivity index (χ2v) is 2.52. The van der Waals surface area contributed by atoms with E-state index in [1.54, 1.807) is 6.92 Å². The maximum Gasteiger partial charge on any atom is 0.130 e. The zero-order valence-electron chi connectivity index (χ0n) is 6.51. The van der Waals surface area contributed by atoms with Gasteiger partial charge in [0, 0.05) is 11.6 Å². The predicted octanol–water partition coefficient (Wildman–Crippen LogP) is 2.00. The van der Waals surface area contributed by atoms with Crippen molar-refractivity contribution in [2.45, 2.75) is 13.0 Å². The molecule has 4 heteroatoms. The second-order valence-electron chi connectivity index (χ2n) is 2.52. The Balaban J connectivity index is 3.01. The summed E-state index contributed by atoms with van der Waals surface area (Å²) >= 11 is 0. The van der Waals surface area contributed by atoms with Crippen LogP contribution in [0, 0.1) is 11.6 Å². The second kappa shape index (κ2) is 3.60. The van der Waals surface area contributed by atoms with Crippen molar-refractivity contribution in [2.75, 3.05) is 0 Å². The maximum atomic E-state index is 12.9. The molecular weight excluding hydrogens is 164 g/mol. The molecule has 0 radical (unpaired) electrons. The van der Waals surface area contributed by atoms with Crippen LogP contribution in [0.25, 0.3) is 0 Å². The van der Waals surface area contributed by atoms with Gasteiger partial charge in [-0.15, -0.1) is 0 Å². The molecule has 1 atom stereocenters. The summed E-state index contributed by atoms with van der Waals surface area (Å²) in [6, 6.07) is 2.68. The minimum absolute atomic E-state index is 0.235. The first-order chi connectivity index (χ1) is 5.65. The first-order valence-corrected chi connectivity index (χ1v) is 3.49. The average molecular weight is 173 g/mol. The van der Waals surface area contributed by atoms with Crippen LogP contribution in [0.5, 0.6) is 0 Å². The van der Waals surface area contributed by atoms with Gasteiger partial charge in [0.2, 0.25) is 0 Å². The Bertz CT molecular complexity index is 278. The van der Waals surface area contributed by atoms with E-state index in [-0.39, 0.29) is 5.56 Å². The van der Waals surface area contributed by atoms with Crippen LogP contribution in [0.4, 0.5) is 8.78 Å². The third kappa shape index (κ3) is 1.78. The van der Waals surface area contributed by atoms with Crippen molar-refractivity contribution in [3.63, 3.8) is 0 Å². The number of benzene rings is 1. The molecule has 1 aromatic carbocycles. The van der Waals surface area contributed by atoms with Crippen molar-refractivity contribution in [3.8, 4) is 0 Å². The molecule has 1 aromatic rings. The highest BCUT2D eigenvalue weighted by atomic mass is 19.1. The Labute approximate surface area is 68.8 Å². The zero-order chi connectivity index (χ0) is 9.14. The van der Waals surface area contributed by atoms with Gasteiger partial charge in [-0.25, -0.2) is 8.78 Å². The quantitative estimate of drug-likeness (QED) is 0.670. The van der Waals surface area contributed by atoms with Gasteiger partial charge in [-0.05, 0) is 13.0 Å². The lowest BCUT2D eigenvalue weighted by Crippen LogP contribution is -2.14. The SMILES string of the molecule is C[C@H](NO)c1ccc(F)cc1F. The van der Waals surface area contributed by atoms with Crippen molar-refractivity contribution in [3.05, 3.63) is 35.4 Å². The zero-order valence-corrected chi connectivity index (χ0v) is 6.51. The van der Waals surface area contributed by atoms with Gasteiger partial charge in [0.1, 0.15) is 11.6 Å². The summed E-state index contributed by atoms with van der Waals surface area (Å²) < 4.78 is 25.3. The van der Waals surface area contributed by atoms with E-state index >= 15 is 0 Å². The van der Waals surface area contributed by atoms with Crippen molar-refractivity contribution in [1.29, 1.82) is 0 Å². The molecule has 0 aliphatic heterocycles. The summed E-state index contributed by atoms with van der Waals surface area (Å²) in [5.74, 6) is -1.29. The Morgan fingerprint density at radius 2 is 2.08 bits per heavy atom. The molecule has 0 fully saturated rings. The first-order valence-electron chi connectivity index (χ1n) is 3.49. The van der Waals surface area contributed by atoms with Crippen molar-refractivity contribution in [1.82, 2.24) is 5.48 Å². The van der Waals surface area contributed by atoms with E-state index in [4.69, 9.17) is 5.21 Å². The van der Waals surface area contributed by atoms with Crippen LogP contribution in [0.1, 0.15) is 18.5 Å². The smallest absolute Gasteiger partial charge is 0.130 e. The summed E-state index contributed by atoms with van der Waals surface area (Å²) in [7, 11) is 0. The van der Waals surface area contributed by atoms with Gasteiger partial charge in [0.15, 0.2) is 0 Å². The lowest BCUT2D eigenvalue weighted by atomic mass is 10.1. The number of rotatable bonds is 2. The van der Waals surface area contributed by atoms with E-state index < -0.39 is 17.7 Å². The van der Waals surface area contributed by atoms with Crippen LogP contribution in [-0.2, 0) is 0 Å². The van der Waals surface area contributed by atoms with E-state index in [9.17, 15) is 8.78 Å². The number of nitrogens with one attached hydrogen (secondary N) is 1. The van der Waals surface area contributed by atoms with Gasteiger partial charge in [0.05, 0.1) is 6.04 Å². The molecule has 0 heterocycles. The van der Waals surface area contributed by atoms with E-state index in [1.165, 1.54) is 6.07 Å². The first kappa shape index (κ1) is 9.09. The fraction of sp³-hybridized carbons (Fsp3) is 0.250. The number of hydrogen-bond acceptors (Lipinski definition) is 2. The topological polar surface area (TPSA) is 32.3 Å². The molecule has 0 unspecified atom stereocenters. The van der Waals surface area contributed by atoms with E-state index in [2.05, 4.69) is 0 Å². The average Bonchev–Trinajstić information content (AvgIpc) is 2.03. The van der Waals surface area contributed by atoms with E-state index in [0.717, 1.165) is 12.1 Å². The van der Waals surface area contributed by atoms with Gasteiger partial charge in [-0.1, -0.05) is 6.07 Å². The molecule has 0 aromatic heterocycles. The van der Waals surface area contributed by atoms with Crippen molar-refractivity contribution >= 4 is 0 Å². The highest BCUT2D eigenvalue weighted by Crippen LogP contribution is 2.16. The van der Waals surface area contributed by atoms with Crippen LogP contribution in [0.15, 0.2) is 18.2 Å². The van der Waals surface area contributed by atoms with Gasteiger partial charge in [-0.2, -0.15) is 5.48 Å². The van der Waals surface area contributed by atoms with Crippen molar-refractivity contribution in [2.24, 2.45) is 0 Å². The minimum Gasteiger partial charge on any atom is -0.316 e. The Kier molecular flexibility index (Phi) is 2.73. The summed E-state index contributed by atoms with van der Waals surface area (Å²) in [5.41, 5.74) is 2.11. The largest absolute Gasteiger partial charge is 0.316 e. The molecule has 2 N–H and O–H groups in total. The van der Waals surface area contributed by atoms with Crippen LogP contribution in [0.3, 0.4) is 0 Å².